The van der Waals surface area contributed by atoms with E-state index in [2.05, 4.69) is 21.2 Å². The molecule has 0 aromatic heterocycles. The van der Waals surface area contributed by atoms with Gasteiger partial charge >= 0.3 is 0 Å². The molecule has 1 amide bonds. The van der Waals surface area contributed by atoms with Crippen LogP contribution in [0.25, 0.3) is 0 Å². The number of anilines is 1. The van der Waals surface area contributed by atoms with Crippen LogP contribution in [-0.4, -0.2) is 5.91 Å². The van der Waals surface area contributed by atoms with Gasteiger partial charge in [-0.1, -0.05) is 0 Å². The van der Waals surface area contributed by atoms with E-state index in [0.29, 0.717) is 5.56 Å². The van der Waals surface area contributed by atoms with E-state index < -0.39 is 11.6 Å². The first-order chi connectivity index (χ1) is 6.09. The van der Waals surface area contributed by atoms with Crippen molar-refractivity contribution in [2.75, 3.05) is 5.32 Å². The Bertz CT molecular complexity index is 406. The number of rotatable bonds is 0. The molecule has 0 radical (unpaired) electrons. The van der Waals surface area contributed by atoms with Gasteiger partial charge in [0, 0.05) is 11.6 Å². The summed E-state index contributed by atoms with van der Waals surface area (Å²) in [6.07, 6.45) is 0.0184. The average Bonchev–Trinajstić information content (AvgIpc) is 2.44. The van der Waals surface area contributed by atoms with E-state index in [1.807, 2.05) is 0 Å². The molecule has 1 aromatic rings. The number of nitrogens with one attached hydrogen (secondary N) is 1. The molecule has 0 unspecified atom stereocenters. The highest BCUT2D eigenvalue weighted by Gasteiger charge is 2.25. The first-order valence-electron chi connectivity index (χ1n) is 3.56. The molecule has 0 fully saturated rings. The summed E-state index contributed by atoms with van der Waals surface area (Å²) in [5.41, 5.74) is 0.431. The van der Waals surface area contributed by atoms with Crippen molar-refractivity contribution in [3.63, 3.8) is 0 Å². The van der Waals surface area contributed by atoms with Crippen molar-refractivity contribution in [2.24, 2.45) is 0 Å². The molecule has 1 aromatic carbocycles. The lowest BCUT2D eigenvalue weighted by Crippen LogP contribution is -2.04. The lowest BCUT2D eigenvalue weighted by atomic mass is 10.1. The van der Waals surface area contributed by atoms with Crippen LogP contribution in [0.1, 0.15) is 5.56 Å². The number of halogens is 3. The highest BCUT2D eigenvalue weighted by atomic mass is 79.9. The van der Waals surface area contributed by atoms with Gasteiger partial charge in [-0.2, -0.15) is 0 Å². The van der Waals surface area contributed by atoms with E-state index in [4.69, 9.17) is 0 Å². The van der Waals surface area contributed by atoms with Crippen molar-refractivity contribution in [3.05, 3.63) is 27.7 Å². The minimum Gasteiger partial charge on any atom is -0.323 e. The molecule has 1 heterocycles. The van der Waals surface area contributed by atoms with Gasteiger partial charge in [-0.25, -0.2) is 8.78 Å². The minimum absolute atomic E-state index is 0.0184. The van der Waals surface area contributed by atoms with E-state index in [0.717, 1.165) is 6.07 Å². The number of benzene rings is 1. The molecular weight excluding hydrogens is 244 g/mol. The molecule has 5 heteroatoms. The molecule has 2 nitrogen and oxygen atoms in total. The van der Waals surface area contributed by atoms with Gasteiger partial charge in [0.2, 0.25) is 5.91 Å². The van der Waals surface area contributed by atoms with Crippen LogP contribution in [0.3, 0.4) is 0 Å². The molecule has 1 N–H and O–H groups in total. The summed E-state index contributed by atoms with van der Waals surface area (Å²) in [4.78, 5) is 10.9. The van der Waals surface area contributed by atoms with Crippen molar-refractivity contribution in [3.8, 4) is 0 Å². The zero-order chi connectivity index (χ0) is 9.59. The summed E-state index contributed by atoms with van der Waals surface area (Å²) in [7, 11) is 0. The highest BCUT2D eigenvalue weighted by Crippen LogP contribution is 2.34. The van der Waals surface area contributed by atoms with E-state index >= 15 is 0 Å². The second kappa shape index (κ2) is 2.77. The van der Waals surface area contributed by atoms with E-state index in [1.54, 1.807) is 0 Å². The lowest BCUT2D eigenvalue weighted by Gasteiger charge is -2.03. The number of fused-ring (bicyclic) bond motifs is 1. The van der Waals surface area contributed by atoms with E-state index in [-0.39, 0.29) is 22.5 Å². The van der Waals surface area contributed by atoms with Crippen molar-refractivity contribution >= 4 is 27.5 Å². The number of carbonyl (C=O) groups excluding carboxylic acids is 1. The number of hydrogen-bond acceptors (Lipinski definition) is 1. The third-order valence-corrected chi connectivity index (χ3v) is 2.73. The molecule has 0 spiro atoms. The summed E-state index contributed by atoms with van der Waals surface area (Å²) in [6.45, 7) is 0. The predicted molar refractivity (Wildman–Crippen MR) is 46.4 cm³/mol. The van der Waals surface area contributed by atoms with Gasteiger partial charge < -0.3 is 5.32 Å². The monoisotopic (exact) mass is 247 g/mol. The molecule has 0 atom stereocenters. The van der Waals surface area contributed by atoms with Gasteiger partial charge in [0.1, 0.15) is 11.6 Å². The molecule has 0 saturated heterocycles. The maximum Gasteiger partial charge on any atom is 0.229 e. The molecule has 2 rings (SSSR count). The van der Waals surface area contributed by atoms with Gasteiger partial charge in [0.25, 0.3) is 0 Å². The van der Waals surface area contributed by atoms with Crippen LogP contribution in [0.4, 0.5) is 14.5 Å². The molecule has 1 aliphatic heterocycles. The molecule has 0 bridgehead atoms. The third kappa shape index (κ3) is 1.23. The van der Waals surface area contributed by atoms with Crippen LogP contribution in [0.5, 0.6) is 0 Å². The van der Waals surface area contributed by atoms with Crippen LogP contribution in [0, 0.1) is 11.6 Å². The summed E-state index contributed by atoms with van der Waals surface area (Å²) in [6, 6.07) is 0.745. The maximum atomic E-state index is 13.0. The van der Waals surface area contributed by atoms with Gasteiger partial charge in [0.15, 0.2) is 0 Å². The van der Waals surface area contributed by atoms with Crippen LogP contribution < -0.4 is 5.32 Å². The Morgan fingerprint density at radius 1 is 1.38 bits per heavy atom. The van der Waals surface area contributed by atoms with Crippen LogP contribution >= 0.6 is 15.9 Å². The fraction of sp³-hybridized carbons (Fsp3) is 0.125. The van der Waals surface area contributed by atoms with E-state index in [1.165, 1.54) is 0 Å². The third-order valence-electron chi connectivity index (χ3n) is 1.87. The predicted octanol–water partition coefficient (Wildman–Crippen LogP) is 2.22. The van der Waals surface area contributed by atoms with Crippen LogP contribution in [0.15, 0.2) is 10.5 Å². The quantitative estimate of drug-likeness (QED) is 0.701. The van der Waals surface area contributed by atoms with Crippen molar-refractivity contribution in [1.82, 2.24) is 0 Å². The maximum absolute atomic E-state index is 13.0. The van der Waals surface area contributed by atoms with Gasteiger partial charge in [-0.15, -0.1) is 0 Å². The Hall–Kier alpha value is -0.970. The zero-order valence-electron chi connectivity index (χ0n) is 6.33. The van der Waals surface area contributed by atoms with Gasteiger partial charge in [-0.05, 0) is 15.9 Å². The summed E-state index contributed by atoms with van der Waals surface area (Å²) in [5, 5.41) is 2.32. The molecular formula is C8H4BrF2NO. The summed E-state index contributed by atoms with van der Waals surface area (Å²) >= 11 is 2.96. The first kappa shape index (κ1) is 8.62. The molecule has 68 valence electrons. The fourth-order valence-corrected chi connectivity index (χ4v) is 1.74. The highest BCUT2D eigenvalue weighted by molar-refractivity contribution is 9.10. The summed E-state index contributed by atoms with van der Waals surface area (Å²) in [5.74, 6) is -1.74. The van der Waals surface area contributed by atoms with Gasteiger partial charge in [-0.3, -0.25) is 4.79 Å². The number of hydrogen-bond donors (Lipinski definition) is 1. The average molecular weight is 248 g/mol. The lowest BCUT2D eigenvalue weighted by molar-refractivity contribution is -0.115. The number of amides is 1. The largest absolute Gasteiger partial charge is 0.323 e. The normalized spacial score (nSPS) is 14.2. The zero-order valence-corrected chi connectivity index (χ0v) is 7.91. The van der Waals surface area contributed by atoms with Crippen LogP contribution in [-0.2, 0) is 11.2 Å². The van der Waals surface area contributed by atoms with Crippen molar-refractivity contribution < 1.29 is 13.6 Å². The van der Waals surface area contributed by atoms with Gasteiger partial charge in [0.05, 0.1) is 16.6 Å². The topological polar surface area (TPSA) is 29.1 Å². The Kier molecular flexibility index (Phi) is 1.83. The second-order valence-electron chi connectivity index (χ2n) is 2.73. The Morgan fingerprint density at radius 2 is 2.08 bits per heavy atom. The molecule has 13 heavy (non-hydrogen) atoms. The fourth-order valence-electron chi connectivity index (χ4n) is 1.29. The molecule has 0 saturated carbocycles. The SMILES string of the molecule is O=C1Cc2c(Br)c(F)cc(F)c2N1. The standard InChI is InChI=1S/C8H4BrF2NO/c9-7-3-1-6(13)12-8(3)5(11)2-4(7)10/h2H,1H2,(H,12,13). The molecule has 0 aliphatic carbocycles. The second-order valence-corrected chi connectivity index (χ2v) is 3.53. The van der Waals surface area contributed by atoms with E-state index in [9.17, 15) is 13.6 Å². The Balaban J connectivity index is 2.69. The molecule has 1 aliphatic rings. The Morgan fingerprint density at radius 3 is 2.77 bits per heavy atom. The van der Waals surface area contributed by atoms with Crippen molar-refractivity contribution in [1.29, 1.82) is 0 Å². The summed E-state index contributed by atoms with van der Waals surface area (Å²) < 4.78 is 26.1. The van der Waals surface area contributed by atoms with Crippen molar-refractivity contribution in [2.45, 2.75) is 6.42 Å². The number of carbonyl (C=O) groups is 1. The Labute approximate surface area is 81.1 Å². The smallest absolute Gasteiger partial charge is 0.229 e. The minimum atomic E-state index is -0.735. The van der Waals surface area contributed by atoms with Crippen LogP contribution in [0.2, 0.25) is 0 Å². The first-order valence-corrected chi connectivity index (χ1v) is 4.35.